The number of hydrogen-bond acceptors (Lipinski definition) is 5. The van der Waals surface area contributed by atoms with E-state index in [-0.39, 0.29) is 5.97 Å². The van der Waals surface area contributed by atoms with Gasteiger partial charge in [0, 0.05) is 12.4 Å². The first-order chi connectivity index (χ1) is 6.63. The molecule has 0 bridgehead atoms. The standard InChI is InChI=1S/C8H10BrN3O2/c1-5(7(13)14-2)12-8-10-3-6(9)4-11-8/h3-5H,1-2H3,(H,10,11,12). The van der Waals surface area contributed by atoms with Crippen LogP contribution < -0.4 is 5.32 Å². The molecule has 1 unspecified atom stereocenters. The fourth-order valence-corrected chi connectivity index (χ4v) is 1.02. The SMILES string of the molecule is COC(=O)C(C)Nc1ncc(Br)cn1. The van der Waals surface area contributed by atoms with Gasteiger partial charge in [0.2, 0.25) is 5.95 Å². The minimum Gasteiger partial charge on any atom is -0.467 e. The van der Waals surface area contributed by atoms with E-state index in [2.05, 4.69) is 36.0 Å². The summed E-state index contributed by atoms with van der Waals surface area (Å²) in [6, 6.07) is -0.457. The van der Waals surface area contributed by atoms with Crippen LogP contribution in [0.1, 0.15) is 6.92 Å². The average molecular weight is 260 g/mol. The van der Waals surface area contributed by atoms with Gasteiger partial charge in [-0.3, -0.25) is 0 Å². The van der Waals surface area contributed by atoms with Gasteiger partial charge < -0.3 is 10.1 Å². The van der Waals surface area contributed by atoms with Gasteiger partial charge in [-0.15, -0.1) is 0 Å². The first kappa shape index (κ1) is 10.9. The van der Waals surface area contributed by atoms with E-state index < -0.39 is 6.04 Å². The molecule has 0 aromatic carbocycles. The Morgan fingerprint density at radius 2 is 2.14 bits per heavy atom. The Bertz CT molecular complexity index is 315. The highest BCUT2D eigenvalue weighted by molar-refractivity contribution is 9.10. The highest BCUT2D eigenvalue weighted by Crippen LogP contribution is 2.07. The third-order valence-electron chi connectivity index (χ3n) is 1.52. The van der Waals surface area contributed by atoms with Gasteiger partial charge in [-0.05, 0) is 22.9 Å². The smallest absolute Gasteiger partial charge is 0.328 e. The maximum Gasteiger partial charge on any atom is 0.328 e. The Morgan fingerprint density at radius 1 is 1.57 bits per heavy atom. The lowest BCUT2D eigenvalue weighted by Gasteiger charge is -2.10. The number of nitrogens with zero attached hydrogens (tertiary/aromatic N) is 2. The number of carbonyl (C=O) groups is 1. The Labute approximate surface area is 90.0 Å². The number of nitrogens with one attached hydrogen (secondary N) is 1. The largest absolute Gasteiger partial charge is 0.467 e. The van der Waals surface area contributed by atoms with Gasteiger partial charge in [0.1, 0.15) is 6.04 Å². The zero-order chi connectivity index (χ0) is 10.6. The second kappa shape index (κ2) is 4.90. The van der Waals surface area contributed by atoms with Gasteiger partial charge in [0.05, 0.1) is 11.6 Å². The summed E-state index contributed by atoms with van der Waals surface area (Å²) in [4.78, 5) is 18.9. The summed E-state index contributed by atoms with van der Waals surface area (Å²) in [6.07, 6.45) is 3.19. The summed E-state index contributed by atoms with van der Waals surface area (Å²) < 4.78 is 5.33. The Morgan fingerprint density at radius 3 is 2.64 bits per heavy atom. The fourth-order valence-electron chi connectivity index (χ4n) is 0.816. The summed E-state index contributed by atoms with van der Waals surface area (Å²) in [5.74, 6) is 0.0441. The minimum absolute atomic E-state index is 0.350. The van der Waals surface area contributed by atoms with Crippen molar-refractivity contribution in [3.63, 3.8) is 0 Å². The molecule has 0 saturated heterocycles. The van der Waals surface area contributed by atoms with Crippen molar-refractivity contribution >= 4 is 27.8 Å². The maximum absolute atomic E-state index is 11.0. The molecule has 0 fully saturated rings. The molecular formula is C8H10BrN3O2. The third-order valence-corrected chi connectivity index (χ3v) is 1.93. The lowest BCUT2D eigenvalue weighted by molar-refractivity contribution is -0.141. The van der Waals surface area contributed by atoms with Crippen molar-refractivity contribution in [1.29, 1.82) is 0 Å². The second-order valence-electron chi connectivity index (χ2n) is 2.61. The van der Waals surface area contributed by atoms with Crippen molar-refractivity contribution in [3.8, 4) is 0 Å². The van der Waals surface area contributed by atoms with Crippen LogP contribution in [0.25, 0.3) is 0 Å². The van der Waals surface area contributed by atoms with E-state index in [9.17, 15) is 4.79 Å². The van der Waals surface area contributed by atoms with E-state index in [0.29, 0.717) is 5.95 Å². The minimum atomic E-state index is -0.457. The molecule has 14 heavy (non-hydrogen) atoms. The van der Waals surface area contributed by atoms with Crippen molar-refractivity contribution in [2.75, 3.05) is 12.4 Å². The van der Waals surface area contributed by atoms with Gasteiger partial charge in [-0.1, -0.05) is 0 Å². The number of hydrogen-bond donors (Lipinski definition) is 1. The molecule has 6 heteroatoms. The van der Waals surface area contributed by atoms with E-state index in [1.165, 1.54) is 7.11 Å². The highest BCUT2D eigenvalue weighted by Gasteiger charge is 2.13. The molecular weight excluding hydrogens is 250 g/mol. The Hall–Kier alpha value is -1.17. The summed E-state index contributed by atoms with van der Waals surface area (Å²) in [7, 11) is 1.34. The molecule has 1 atom stereocenters. The molecule has 0 aliphatic carbocycles. The molecule has 0 radical (unpaired) electrons. The molecule has 0 amide bonds. The molecule has 1 N–H and O–H groups in total. The molecule has 0 aliphatic rings. The van der Waals surface area contributed by atoms with E-state index in [1.54, 1.807) is 19.3 Å². The first-order valence-electron chi connectivity index (χ1n) is 3.95. The number of halogens is 1. The van der Waals surface area contributed by atoms with Crippen LogP contribution in [0.2, 0.25) is 0 Å². The van der Waals surface area contributed by atoms with Crippen molar-refractivity contribution < 1.29 is 9.53 Å². The van der Waals surface area contributed by atoms with Gasteiger partial charge in [0.15, 0.2) is 0 Å². The number of anilines is 1. The van der Waals surface area contributed by atoms with Crippen molar-refractivity contribution in [1.82, 2.24) is 9.97 Å². The lowest BCUT2D eigenvalue weighted by atomic mass is 10.3. The Kier molecular flexibility index (Phi) is 3.82. The quantitative estimate of drug-likeness (QED) is 0.827. The summed E-state index contributed by atoms with van der Waals surface area (Å²) in [5, 5.41) is 2.80. The van der Waals surface area contributed by atoms with E-state index in [0.717, 1.165) is 4.47 Å². The number of carbonyl (C=O) groups excluding carboxylic acids is 1. The monoisotopic (exact) mass is 259 g/mol. The van der Waals surface area contributed by atoms with Crippen LogP contribution in [0.3, 0.4) is 0 Å². The normalized spacial score (nSPS) is 11.9. The number of methoxy groups -OCH3 is 1. The molecule has 0 aliphatic heterocycles. The summed E-state index contributed by atoms with van der Waals surface area (Å²) in [5.41, 5.74) is 0. The van der Waals surface area contributed by atoms with Gasteiger partial charge in [0.25, 0.3) is 0 Å². The van der Waals surface area contributed by atoms with E-state index in [1.807, 2.05) is 0 Å². The second-order valence-corrected chi connectivity index (χ2v) is 3.53. The zero-order valence-corrected chi connectivity index (χ0v) is 9.41. The molecule has 1 aromatic rings. The highest BCUT2D eigenvalue weighted by atomic mass is 79.9. The fraction of sp³-hybridized carbons (Fsp3) is 0.375. The predicted molar refractivity (Wildman–Crippen MR) is 54.8 cm³/mol. The van der Waals surface area contributed by atoms with Crippen molar-refractivity contribution in [2.45, 2.75) is 13.0 Å². The van der Waals surface area contributed by atoms with E-state index in [4.69, 9.17) is 0 Å². The molecule has 76 valence electrons. The molecule has 1 rings (SSSR count). The molecule has 0 saturated carbocycles. The molecule has 1 aromatic heterocycles. The molecule has 0 spiro atoms. The van der Waals surface area contributed by atoms with Crippen LogP contribution in [0.4, 0.5) is 5.95 Å². The summed E-state index contributed by atoms with van der Waals surface area (Å²) >= 11 is 3.21. The van der Waals surface area contributed by atoms with Crippen LogP contribution in [-0.2, 0) is 9.53 Å². The van der Waals surface area contributed by atoms with Crippen LogP contribution in [-0.4, -0.2) is 29.1 Å². The topological polar surface area (TPSA) is 64.1 Å². The summed E-state index contributed by atoms with van der Waals surface area (Å²) in [6.45, 7) is 1.68. The van der Waals surface area contributed by atoms with E-state index >= 15 is 0 Å². The number of aromatic nitrogens is 2. The number of rotatable bonds is 3. The zero-order valence-electron chi connectivity index (χ0n) is 7.82. The Balaban J connectivity index is 2.60. The van der Waals surface area contributed by atoms with Gasteiger partial charge >= 0.3 is 5.97 Å². The average Bonchev–Trinajstić information content (AvgIpc) is 2.20. The third kappa shape index (κ3) is 2.95. The van der Waals surface area contributed by atoms with Crippen LogP contribution in [0.5, 0.6) is 0 Å². The molecule has 5 nitrogen and oxygen atoms in total. The van der Waals surface area contributed by atoms with Gasteiger partial charge in [-0.25, -0.2) is 14.8 Å². The van der Waals surface area contributed by atoms with Crippen LogP contribution >= 0.6 is 15.9 Å². The number of esters is 1. The van der Waals surface area contributed by atoms with Crippen molar-refractivity contribution in [3.05, 3.63) is 16.9 Å². The maximum atomic E-state index is 11.0. The number of ether oxygens (including phenoxy) is 1. The lowest BCUT2D eigenvalue weighted by Crippen LogP contribution is -2.28. The van der Waals surface area contributed by atoms with Crippen molar-refractivity contribution in [2.24, 2.45) is 0 Å². The first-order valence-corrected chi connectivity index (χ1v) is 4.74. The van der Waals surface area contributed by atoms with Crippen LogP contribution in [0.15, 0.2) is 16.9 Å². The van der Waals surface area contributed by atoms with Gasteiger partial charge in [-0.2, -0.15) is 0 Å². The molecule has 1 heterocycles. The predicted octanol–water partition coefficient (Wildman–Crippen LogP) is 1.21. The van der Waals surface area contributed by atoms with Crippen LogP contribution in [0, 0.1) is 0 Å².